The molecule has 0 unspecified atom stereocenters. The zero-order chi connectivity index (χ0) is 14.5. The molecule has 0 aliphatic heterocycles. The summed E-state index contributed by atoms with van der Waals surface area (Å²) in [6.45, 7) is 4.95. The molecule has 0 bridgehead atoms. The molecule has 0 radical (unpaired) electrons. The second kappa shape index (κ2) is 6.90. The number of benzene rings is 1. The molecule has 0 aliphatic carbocycles. The first kappa shape index (κ1) is 15.1. The topological polar surface area (TPSA) is 49.8 Å². The van der Waals surface area contributed by atoms with Crippen LogP contribution in [0, 0.1) is 0 Å². The molecular weight excluding hydrogens is 340 g/mol. The van der Waals surface area contributed by atoms with E-state index in [1.807, 2.05) is 25.1 Å². The van der Waals surface area contributed by atoms with Crippen LogP contribution in [0.15, 0.2) is 29.0 Å². The predicted molar refractivity (Wildman–Crippen MR) is 88.0 cm³/mol. The Kier molecular flexibility index (Phi) is 5.20. The van der Waals surface area contributed by atoms with Crippen LogP contribution in [0.5, 0.6) is 0 Å². The molecule has 0 atom stereocenters. The molecule has 6 heteroatoms. The van der Waals surface area contributed by atoms with Crippen molar-refractivity contribution in [2.24, 2.45) is 0 Å². The maximum absolute atomic E-state index is 6.10. The van der Waals surface area contributed by atoms with Gasteiger partial charge in [-0.25, -0.2) is 9.97 Å². The summed E-state index contributed by atoms with van der Waals surface area (Å²) >= 11 is 9.58. The molecule has 1 aromatic carbocycles. The van der Waals surface area contributed by atoms with Gasteiger partial charge in [0.25, 0.3) is 0 Å². The number of anilines is 3. The summed E-state index contributed by atoms with van der Waals surface area (Å²) in [6.07, 6.45) is 2.39. The number of halogens is 2. The van der Waals surface area contributed by atoms with Gasteiger partial charge in [0.1, 0.15) is 18.0 Å². The molecule has 0 spiro atoms. The number of nitrogens with one attached hydrogen (secondary N) is 2. The zero-order valence-electron chi connectivity index (χ0n) is 11.4. The molecule has 20 heavy (non-hydrogen) atoms. The molecule has 2 N–H and O–H groups in total. The van der Waals surface area contributed by atoms with Crippen LogP contribution in [0.1, 0.15) is 19.4 Å². The van der Waals surface area contributed by atoms with Gasteiger partial charge in [-0.15, -0.1) is 0 Å². The molecule has 1 aromatic heterocycles. The highest BCUT2D eigenvalue weighted by Crippen LogP contribution is 2.33. The van der Waals surface area contributed by atoms with Crippen molar-refractivity contribution >= 4 is 44.9 Å². The normalized spacial score (nSPS) is 10.4. The van der Waals surface area contributed by atoms with Crippen LogP contribution in [0.2, 0.25) is 5.02 Å². The van der Waals surface area contributed by atoms with Crippen LogP contribution in [-0.4, -0.2) is 16.5 Å². The van der Waals surface area contributed by atoms with E-state index in [1.165, 1.54) is 0 Å². The van der Waals surface area contributed by atoms with Crippen molar-refractivity contribution in [3.8, 4) is 0 Å². The number of hydrogen-bond donors (Lipinski definition) is 2. The fourth-order valence-electron chi connectivity index (χ4n) is 1.90. The lowest BCUT2D eigenvalue weighted by molar-refractivity contribution is 1.03. The fraction of sp³-hybridized carbons (Fsp3) is 0.286. The zero-order valence-corrected chi connectivity index (χ0v) is 13.7. The SMILES string of the molecule is CCNc1ncnc(Nc2cccc(Cl)c2Br)c1CC. The van der Waals surface area contributed by atoms with Gasteiger partial charge >= 0.3 is 0 Å². The van der Waals surface area contributed by atoms with Crippen LogP contribution in [0.4, 0.5) is 17.3 Å². The van der Waals surface area contributed by atoms with Crippen molar-refractivity contribution in [2.45, 2.75) is 20.3 Å². The summed E-state index contributed by atoms with van der Waals surface area (Å²) in [7, 11) is 0. The lowest BCUT2D eigenvalue weighted by atomic mass is 10.2. The molecule has 0 aliphatic rings. The Morgan fingerprint density at radius 2 is 1.95 bits per heavy atom. The average molecular weight is 356 g/mol. The molecule has 1 heterocycles. The lowest BCUT2D eigenvalue weighted by Crippen LogP contribution is -2.07. The third-order valence-corrected chi connectivity index (χ3v) is 4.25. The Balaban J connectivity index is 2.38. The molecule has 0 amide bonds. The minimum atomic E-state index is 0.661. The van der Waals surface area contributed by atoms with Gasteiger partial charge in [0.2, 0.25) is 0 Å². The van der Waals surface area contributed by atoms with E-state index in [-0.39, 0.29) is 0 Å². The lowest BCUT2D eigenvalue weighted by Gasteiger charge is -2.14. The molecule has 4 nitrogen and oxygen atoms in total. The maximum atomic E-state index is 6.10. The quantitative estimate of drug-likeness (QED) is 0.821. The molecule has 0 saturated heterocycles. The summed E-state index contributed by atoms with van der Waals surface area (Å²) in [6, 6.07) is 5.68. The first-order valence-electron chi connectivity index (χ1n) is 6.46. The Hall–Kier alpha value is -1.33. The van der Waals surface area contributed by atoms with E-state index in [2.05, 4.69) is 43.5 Å². The summed E-state index contributed by atoms with van der Waals surface area (Å²) in [4.78, 5) is 8.61. The van der Waals surface area contributed by atoms with E-state index in [4.69, 9.17) is 11.6 Å². The van der Waals surface area contributed by atoms with Crippen molar-refractivity contribution < 1.29 is 0 Å². The van der Waals surface area contributed by atoms with E-state index >= 15 is 0 Å². The predicted octanol–water partition coefficient (Wildman–Crippen LogP) is 4.63. The maximum Gasteiger partial charge on any atom is 0.139 e. The highest BCUT2D eigenvalue weighted by molar-refractivity contribution is 9.10. The summed E-state index contributed by atoms with van der Waals surface area (Å²) in [5, 5.41) is 7.22. The van der Waals surface area contributed by atoms with E-state index in [1.54, 1.807) is 6.33 Å². The van der Waals surface area contributed by atoms with Crippen molar-refractivity contribution in [1.82, 2.24) is 9.97 Å². The summed E-state index contributed by atoms with van der Waals surface area (Å²) in [5.74, 6) is 1.66. The summed E-state index contributed by atoms with van der Waals surface area (Å²) < 4.78 is 0.826. The monoisotopic (exact) mass is 354 g/mol. The molecule has 0 saturated carbocycles. The number of hydrogen-bond acceptors (Lipinski definition) is 4. The third kappa shape index (κ3) is 3.22. The standard InChI is InChI=1S/C14H16BrClN4/c1-3-9-13(17-4-2)18-8-19-14(9)20-11-7-5-6-10(16)12(11)15/h5-8H,3-4H2,1-2H3,(H2,17,18,19,20). The van der Waals surface area contributed by atoms with Crippen LogP contribution >= 0.6 is 27.5 Å². The number of aromatic nitrogens is 2. The molecule has 106 valence electrons. The minimum Gasteiger partial charge on any atom is -0.370 e. The van der Waals surface area contributed by atoms with Gasteiger partial charge in [-0.05, 0) is 41.4 Å². The van der Waals surface area contributed by atoms with Gasteiger partial charge in [0.15, 0.2) is 0 Å². The van der Waals surface area contributed by atoms with E-state index in [0.717, 1.165) is 40.3 Å². The van der Waals surface area contributed by atoms with E-state index in [9.17, 15) is 0 Å². The Bertz CT molecular complexity index is 604. The van der Waals surface area contributed by atoms with Crippen molar-refractivity contribution in [2.75, 3.05) is 17.2 Å². The molecule has 2 aromatic rings. The fourth-order valence-corrected chi connectivity index (χ4v) is 2.44. The van der Waals surface area contributed by atoms with Crippen LogP contribution in [0.25, 0.3) is 0 Å². The third-order valence-electron chi connectivity index (χ3n) is 2.85. The molecular formula is C14H16BrClN4. The van der Waals surface area contributed by atoms with Gasteiger partial charge in [0.05, 0.1) is 15.2 Å². The Labute approximate surface area is 132 Å². The average Bonchev–Trinajstić information content (AvgIpc) is 2.44. The van der Waals surface area contributed by atoms with E-state index in [0.29, 0.717) is 5.02 Å². The van der Waals surface area contributed by atoms with Crippen molar-refractivity contribution in [1.29, 1.82) is 0 Å². The first-order valence-corrected chi connectivity index (χ1v) is 7.63. The van der Waals surface area contributed by atoms with Crippen molar-refractivity contribution in [3.63, 3.8) is 0 Å². The van der Waals surface area contributed by atoms with Crippen LogP contribution in [0.3, 0.4) is 0 Å². The van der Waals surface area contributed by atoms with E-state index < -0.39 is 0 Å². The Morgan fingerprint density at radius 1 is 1.20 bits per heavy atom. The minimum absolute atomic E-state index is 0.661. The van der Waals surface area contributed by atoms with Crippen LogP contribution in [-0.2, 0) is 6.42 Å². The van der Waals surface area contributed by atoms with Gasteiger partial charge in [-0.3, -0.25) is 0 Å². The van der Waals surface area contributed by atoms with Gasteiger partial charge < -0.3 is 10.6 Å². The molecule has 2 rings (SSSR count). The van der Waals surface area contributed by atoms with Crippen LogP contribution < -0.4 is 10.6 Å². The van der Waals surface area contributed by atoms with Gasteiger partial charge in [0, 0.05) is 12.1 Å². The first-order chi connectivity index (χ1) is 9.67. The summed E-state index contributed by atoms with van der Waals surface area (Å²) in [5.41, 5.74) is 1.94. The largest absolute Gasteiger partial charge is 0.370 e. The second-order valence-electron chi connectivity index (χ2n) is 4.16. The highest BCUT2D eigenvalue weighted by Gasteiger charge is 2.11. The molecule has 0 fully saturated rings. The Morgan fingerprint density at radius 3 is 2.65 bits per heavy atom. The van der Waals surface area contributed by atoms with Gasteiger partial charge in [-0.2, -0.15) is 0 Å². The highest BCUT2D eigenvalue weighted by atomic mass is 79.9. The smallest absolute Gasteiger partial charge is 0.139 e. The van der Waals surface area contributed by atoms with Crippen molar-refractivity contribution in [3.05, 3.63) is 39.6 Å². The van der Waals surface area contributed by atoms with Gasteiger partial charge in [-0.1, -0.05) is 24.6 Å². The second-order valence-corrected chi connectivity index (χ2v) is 5.36. The number of rotatable bonds is 5. The number of nitrogens with zero attached hydrogens (tertiary/aromatic N) is 2.